The first-order valence-corrected chi connectivity index (χ1v) is 16.8. The summed E-state index contributed by atoms with van der Waals surface area (Å²) in [4.78, 5) is 96.5. The number of hydrogen-bond donors (Lipinski definition) is 13. The Morgan fingerprint density at radius 2 is 1.02 bits per heavy atom. The van der Waals surface area contributed by atoms with Crippen LogP contribution in [0.3, 0.4) is 0 Å². The van der Waals surface area contributed by atoms with Crippen molar-refractivity contribution in [3.63, 3.8) is 0 Å². The standard InChI is InChI=1S/C30H57N13O9/c1-6-14(2)21(43-24(47)17(5)38-22(45)15(3)39-25(48)18(31)9-7-11-36-29(32)33)27(50)41-19(10-8-12-37-30(34)35)26(49)40-16(4)23(46)42-20(13-44)28(51)52/h14-21,44H,6-13,31H2,1-5H3,(H,38,45)(H,39,48)(H,40,49)(H,41,50)(H,42,46)(H,43,47)(H,51,52)(H4,32,33,36)(H4,34,35,37)/t14-,15-,16-,17-,18-,19-,20-,21-/m0/s1. The van der Waals surface area contributed by atoms with E-state index in [9.17, 15) is 38.7 Å². The van der Waals surface area contributed by atoms with Crippen molar-refractivity contribution in [3.05, 3.63) is 0 Å². The zero-order valence-corrected chi connectivity index (χ0v) is 30.3. The minimum atomic E-state index is -1.60. The molecule has 0 aromatic carbocycles. The summed E-state index contributed by atoms with van der Waals surface area (Å²) in [5.41, 5.74) is 27.1. The number of carboxylic acids is 1. The molecule has 22 heteroatoms. The minimum absolute atomic E-state index is 0.00570. The first-order valence-electron chi connectivity index (χ1n) is 16.8. The molecule has 0 unspecified atom stereocenters. The van der Waals surface area contributed by atoms with E-state index in [1.165, 1.54) is 20.8 Å². The Kier molecular flexibility index (Phi) is 21.6. The van der Waals surface area contributed by atoms with E-state index >= 15 is 0 Å². The Labute approximate surface area is 302 Å². The van der Waals surface area contributed by atoms with E-state index < -0.39 is 96.2 Å². The van der Waals surface area contributed by atoms with Crippen molar-refractivity contribution >= 4 is 53.3 Å². The van der Waals surface area contributed by atoms with Gasteiger partial charge in [-0.05, 0) is 52.4 Å². The van der Waals surface area contributed by atoms with Crippen molar-refractivity contribution in [2.24, 2.45) is 44.6 Å². The molecule has 0 aliphatic rings. The van der Waals surface area contributed by atoms with Gasteiger partial charge in [-0.15, -0.1) is 0 Å². The smallest absolute Gasteiger partial charge is 0.328 e. The normalized spacial score (nSPS) is 15.4. The molecule has 0 aromatic heterocycles. The van der Waals surface area contributed by atoms with Crippen LogP contribution < -0.4 is 60.6 Å². The molecule has 296 valence electrons. The molecule has 0 aliphatic carbocycles. The van der Waals surface area contributed by atoms with Crippen molar-refractivity contribution in [2.45, 2.75) is 109 Å². The molecule has 0 heterocycles. The maximum atomic E-state index is 13.6. The van der Waals surface area contributed by atoms with Gasteiger partial charge in [0.15, 0.2) is 11.9 Å². The molecule has 18 N–H and O–H groups in total. The number of nitrogens with two attached hydrogens (primary N) is 5. The molecule has 0 fully saturated rings. The topological polar surface area (TPSA) is 387 Å². The number of carboxylic acid groups (broad SMARTS) is 1. The van der Waals surface area contributed by atoms with Crippen LogP contribution in [0.25, 0.3) is 0 Å². The molecule has 6 amide bonds. The maximum absolute atomic E-state index is 13.6. The van der Waals surface area contributed by atoms with Crippen LogP contribution >= 0.6 is 0 Å². The highest BCUT2D eigenvalue weighted by Crippen LogP contribution is 2.10. The van der Waals surface area contributed by atoms with Crippen molar-refractivity contribution in [1.82, 2.24) is 31.9 Å². The summed E-state index contributed by atoms with van der Waals surface area (Å²) in [6.45, 7) is 7.00. The summed E-state index contributed by atoms with van der Waals surface area (Å²) in [6.07, 6.45) is 1.30. The Morgan fingerprint density at radius 1 is 0.596 bits per heavy atom. The van der Waals surface area contributed by atoms with Crippen LogP contribution in [0.1, 0.15) is 66.7 Å². The van der Waals surface area contributed by atoms with E-state index in [0.29, 0.717) is 12.8 Å². The number of carbonyl (C=O) groups is 7. The number of aliphatic hydroxyl groups excluding tert-OH is 1. The summed E-state index contributed by atoms with van der Waals surface area (Å²) < 4.78 is 0. The number of nitrogens with one attached hydrogen (secondary N) is 6. The molecule has 0 bridgehead atoms. The molecule has 52 heavy (non-hydrogen) atoms. The largest absolute Gasteiger partial charge is 0.480 e. The monoisotopic (exact) mass is 743 g/mol. The number of aliphatic hydroxyl groups is 1. The number of carbonyl (C=O) groups excluding carboxylic acids is 6. The fourth-order valence-corrected chi connectivity index (χ4v) is 4.32. The van der Waals surface area contributed by atoms with Crippen molar-refractivity contribution < 1.29 is 43.8 Å². The quantitative estimate of drug-likeness (QED) is 0.0249. The second-order valence-electron chi connectivity index (χ2n) is 12.2. The number of nitrogens with zero attached hydrogens (tertiary/aromatic N) is 2. The lowest BCUT2D eigenvalue weighted by Gasteiger charge is -2.28. The van der Waals surface area contributed by atoms with E-state index in [4.69, 9.17) is 33.8 Å². The number of aliphatic carboxylic acids is 1. The molecule has 22 nitrogen and oxygen atoms in total. The van der Waals surface area contributed by atoms with Crippen molar-refractivity contribution in [3.8, 4) is 0 Å². The van der Waals surface area contributed by atoms with Crippen LogP contribution in [0.5, 0.6) is 0 Å². The highest BCUT2D eigenvalue weighted by molar-refractivity contribution is 5.96. The van der Waals surface area contributed by atoms with E-state index in [1.807, 2.05) is 0 Å². The second-order valence-corrected chi connectivity index (χ2v) is 12.2. The molecule has 0 spiro atoms. The molecule has 0 saturated heterocycles. The van der Waals surface area contributed by atoms with Crippen LogP contribution in [0.4, 0.5) is 0 Å². The van der Waals surface area contributed by atoms with Crippen LogP contribution in [0.15, 0.2) is 9.98 Å². The van der Waals surface area contributed by atoms with Gasteiger partial charge in [0.25, 0.3) is 0 Å². The predicted molar refractivity (Wildman–Crippen MR) is 191 cm³/mol. The third-order valence-corrected chi connectivity index (χ3v) is 7.73. The first-order chi connectivity index (χ1) is 24.2. The molecule has 0 saturated carbocycles. The van der Waals surface area contributed by atoms with Crippen molar-refractivity contribution in [2.75, 3.05) is 19.7 Å². The average molecular weight is 744 g/mol. The second kappa shape index (κ2) is 24.0. The van der Waals surface area contributed by atoms with Gasteiger partial charge >= 0.3 is 5.97 Å². The molecule has 0 rings (SSSR count). The Balaban J connectivity index is 5.65. The predicted octanol–water partition coefficient (Wildman–Crippen LogP) is -5.49. The highest BCUT2D eigenvalue weighted by Gasteiger charge is 2.33. The number of hydrogen-bond acceptors (Lipinski definition) is 11. The molecule has 0 radical (unpaired) electrons. The zero-order valence-electron chi connectivity index (χ0n) is 30.3. The third-order valence-electron chi connectivity index (χ3n) is 7.73. The van der Waals surface area contributed by atoms with E-state index in [-0.39, 0.29) is 44.3 Å². The number of guanidine groups is 2. The summed E-state index contributed by atoms with van der Waals surface area (Å²) in [5.74, 6) is -6.72. The van der Waals surface area contributed by atoms with Gasteiger partial charge in [-0.25, -0.2) is 4.79 Å². The summed E-state index contributed by atoms with van der Waals surface area (Å²) >= 11 is 0. The SMILES string of the molecule is CC[C@H](C)[C@H](NC(=O)[C@H](C)NC(=O)[C@H](C)NC(=O)[C@@H](N)CCCN=C(N)N)C(=O)N[C@@H](CCCN=C(N)N)C(=O)N[C@@H](C)C(=O)N[C@@H](CO)C(=O)O. The molecule has 8 atom stereocenters. The van der Waals surface area contributed by atoms with Crippen LogP contribution in [-0.2, 0) is 33.6 Å². The van der Waals surface area contributed by atoms with Gasteiger partial charge in [0, 0.05) is 13.1 Å². The zero-order chi connectivity index (χ0) is 40.1. The lowest BCUT2D eigenvalue weighted by molar-refractivity contribution is -0.143. The van der Waals surface area contributed by atoms with E-state index in [1.54, 1.807) is 13.8 Å². The minimum Gasteiger partial charge on any atom is -0.480 e. The highest BCUT2D eigenvalue weighted by atomic mass is 16.4. The number of rotatable bonds is 24. The van der Waals surface area contributed by atoms with Gasteiger partial charge in [-0.2, -0.15) is 0 Å². The van der Waals surface area contributed by atoms with Gasteiger partial charge in [0.05, 0.1) is 12.6 Å². The van der Waals surface area contributed by atoms with Gasteiger partial charge in [-0.1, -0.05) is 20.3 Å². The van der Waals surface area contributed by atoms with Crippen LogP contribution in [0, 0.1) is 5.92 Å². The number of amides is 6. The summed E-state index contributed by atoms with van der Waals surface area (Å²) in [5, 5.41) is 32.9. The summed E-state index contributed by atoms with van der Waals surface area (Å²) in [7, 11) is 0. The molecule has 0 aliphatic heterocycles. The fraction of sp³-hybridized carbons (Fsp3) is 0.700. The Morgan fingerprint density at radius 3 is 1.48 bits per heavy atom. The van der Waals surface area contributed by atoms with Crippen LogP contribution in [-0.4, -0.2) is 126 Å². The number of aliphatic imine (C=N–C) groups is 2. The van der Waals surface area contributed by atoms with Gasteiger partial charge < -0.3 is 70.8 Å². The van der Waals surface area contributed by atoms with Crippen LogP contribution in [0.2, 0.25) is 0 Å². The lowest BCUT2D eigenvalue weighted by atomic mass is 9.97. The molecule has 0 aromatic rings. The van der Waals surface area contributed by atoms with E-state index in [2.05, 4.69) is 41.9 Å². The third kappa shape index (κ3) is 18.1. The Hall–Kier alpha value is -5.25. The molecular weight excluding hydrogens is 686 g/mol. The van der Waals surface area contributed by atoms with Gasteiger partial charge in [0.2, 0.25) is 35.4 Å². The lowest BCUT2D eigenvalue weighted by Crippen LogP contribution is -2.60. The van der Waals surface area contributed by atoms with Gasteiger partial charge in [-0.3, -0.25) is 38.8 Å². The average Bonchev–Trinajstić information content (AvgIpc) is 3.07. The maximum Gasteiger partial charge on any atom is 0.328 e. The van der Waals surface area contributed by atoms with Crippen molar-refractivity contribution in [1.29, 1.82) is 0 Å². The fourth-order valence-electron chi connectivity index (χ4n) is 4.32. The van der Waals surface area contributed by atoms with E-state index in [0.717, 1.165) is 0 Å². The summed E-state index contributed by atoms with van der Waals surface area (Å²) in [6, 6.07) is -8.48. The molecular formula is C30H57N13O9. The first kappa shape index (κ1) is 46.8. The van der Waals surface area contributed by atoms with Gasteiger partial charge in [0.1, 0.15) is 36.3 Å². The Bertz CT molecular complexity index is 1290.